The fourth-order valence-corrected chi connectivity index (χ4v) is 2.51. The molecule has 0 spiro atoms. The van der Waals surface area contributed by atoms with Crippen LogP contribution in [0.5, 0.6) is 0 Å². The van der Waals surface area contributed by atoms with Crippen molar-refractivity contribution in [3.05, 3.63) is 36.5 Å². The smallest absolute Gasteiger partial charge is 0.189 e. The largest absolute Gasteiger partial charge is 0.244 e. The van der Waals surface area contributed by atoms with E-state index in [0.717, 1.165) is 27.4 Å². The van der Waals surface area contributed by atoms with Gasteiger partial charge in [0.25, 0.3) is 0 Å². The maximum atomic E-state index is 4.74. The zero-order valence-electron chi connectivity index (χ0n) is 11.7. The van der Waals surface area contributed by atoms with Gasteiger partial charge in [-0.05, 0) is 20.1 Å². The third kappa shape index (κ3) is 2.18. The summed E-state index contributed by atoms with van der Waals surface area (Å²) in [4.78, 5) is 9.00. The van der Waals surface area contributed by atoms with Crippen molar-refractivity contribution in [3.8, 4) is 11.3 Å². The lowest BCUT2D eigenvalue weighted by Gasteiger charge is -2.05. The average Bonchev–Trinajstić information content (AvgIpc) is 2.87. The molecule has 0 radical (unpaired) electrons. The molecule has 102 valence electrons. The molecule has 0 saturated heterocycles. The molecule has 3 aromatic rings. The zero-order chi connectivity index (χ0) is 14.1. The Morgan fingerprint density at radius 1 is 1.15 bits per heavy atom. The van der Waals surface area contributed by atoms with Gasteiger partial charge in [-0.25, -0.2) is 14.6 Å². The summed E-state index contributed by atoms with van der Waals surface area (Å²) in [6.45, 7) is 4.23. The predicted octanol–water partition coefficient (Wildman–Crippen LogP) is 3.80. The van der Waals surface area contributed by atoms with Crippen LogP contribution in [0.3, 0.4) is 0 Å². The molecule has 5 heteroatoms. The number of thioether (sulfide) groups is 1. The van der Waals surface area contributed by atoms with Crippen LogP contribution in [0, 0.1) is 0 Å². The quantitative estimate of drug-likeness (QED) is 0.542. The molecule has 0 amide bonds. The fraction of sp³-hybridized carbons (Fsp3) is 0.267. The van der Waals surface area contributed by atoms with E-state index in [0.29, 0.717) is 0 Å². The van der Waals surface area contributed by atoms with E-state index in [1.54, 1.807) is 11.8 Å². The highest BCUT2D eigenvalue weighted by Crippen LogP contribution is 2.29. The van der Waals surface area contributed by atoms with Crippen molar-refractivity contribution in [2.45, 2.75) is 25.0 Å². The molecular formula is C15H16N4S. The van der Waals surface area contributed by atoms with Crippen molar-refractivity contribution in [1.82, 2.24) is 19.7 Å². The van der Waals surface area contributed by atoms with Crippen molar-refractivity contribution < 1.29 is 0 Å². The standard InChI is InChI=1S/C15H16N4S/c1-10(2)19-14-12(9-16-15(17-14)20-3)13(18-19)11-7-5-4-6-8-11/h4-10H,1-3H3. The van der Waals surface area contributed by atoms with E-state index in [-0.39, 0.29) is 6.04 Å². The van der Waals surface area contributed by atoms with Crippen LogP contribution in [0.25, 0.3) is 22.3 Å². The van der Waals surface area contributed by atoms with Crippen molar-refractivity contribution in [2.75, 3.05) is 6.26 Å². The molecule has 0 saturated carbocycles. The number of hydrogen-bond acceptors (Lipinski definition) is 4. The molecule has 0 aliphatic rings. The number of aromatic nitrogens is 4. The van der Waals surface area contributed by atoms with Crippen molar-refractivity contribution in [3.63, 3.8) is 0 Å². The first kappa shape index (κ1) is 13.1. The van der Waals surface area contributed by atoms with Crippen LogP contribution in [0.15, 0.2) is 41.7 Å². The minimum atomic E-state index is 0.263. The summed E-state index contributed by atoms with van der Waals surface area (Å²) in [5.74, 6) is 0. The maximum absolute atomic E-state index is 4.74. The van der Waals surface area contributed by atoms with Crippen LogP contribution < -0.4 is 0 Å². The van der Waals surface area contributed by atoms with Crippen LogP contribution >= 0.6 is 11.8 Å². The molecular weight excluding hydrogens is 268 g/mol. The summed E-state index contributed by atoms with van der Waals surface area (Å²) in [5.41, 5.74) is 2.94. The number of hydrogen-bond donors (Lipinski definition) is 0. The minimum absolute atomic E-state index is 0.263. The van der Waals surface area contributed by atoms with Gasteiger partial charge in [-0.2, -0.15) is 5.10 Å². The molecule has 0 atom stereocenters. The van der Waals surface area contributed by atoms with E-state index < -0.39 is 0 Å². The summed E-state index contributed by atoms with van der Waals surface area (Å²) in [5, 5.41) is 6.52. The van der Waals surface area contributed by atoms with Gasteiger partial charge in [-0.1, -0.05) is 42.1 Å². The van der Waals surface area contributed by atoms with Crippen LogP contribution in [0.4, 0.5) is 0 Å². The summed E-state index contributed by atoms with van der Waals surface area (Å²) in [6.07, 6.45) is 3.86. The van der Waals surface area contributed by atoms with Gasteiger partial charge >= 0.3 is 0 Å². The highest BCUT2D eigenvalue weighted by Gasteiger charge is 2.16. The molecule has 2 heterocycles. The van der Waals surface area contributed by atoms with Gasteiger partial charge in [-0.15, -0.1) is 0 Å². The Kier molecular flexibility index (Phi) is 3.44. The van der Waals surface area contributed by atoms with Gasteiger partial charge < -0.3 is 0 Å². The first-order valence-electron chi connectivity index (χ1n) is 6.55. The number of rotatable bonds is 3. The Hall–Kier alpha value is -1.88. The Morgan fingerprint density at radius 2 is 1.90 bits per heavy atom. The minimum Gasteiger partial charge on any atom is -0.244 e. The molecule has 1 aromatic carbocycles. The molecule has 0 fully saturated rings. The number of benzene rings is 1. The molecule has 0 N–H and O–H groups in total. The highest BCUT2D eigenvalue weighted by atomic mass is 32.2. The second-order valence-corrected chi connectivity index (χ2v) is 5.62. The second-order valence-electron chi connectivity index (χ2n) is 4.85. The summed E-state index contributed by atoms with van der Waals surface area (Å²) in [7, 11) is 0. The Balaban J connectivity index is 2.29. The first-order chi connectivity index (χ1) is 9.70. The van der Waals surface area contributed by atoms with Gasteiger partial charge in [0.15, 0.2) is 10.8 Å². The van der Waals surface area contributed by atoms with Crippen LogP contribution in [-0.4, -0.2) is 26.0 Å². The molecule has 0 unspecified atom stereocenters. The van der Waals surface area contributed by atoms with Gasteiger partial charge in [0.1, 0.15) is 5.69 Å². The van der Waals surface area contributed by atoms with E-state index in [2.05, 4.69) is 35.9 Å². The Bertz CT molecular complexity index is 734. The SMILES string of the molecule is CSc1ncc2c(-c3ccccc3)nn(C(C)C)c2n1. The van der Waals surface area contributed by atoms with Crippen molar-refractivity contribution in [2.24, 2.45) is 0 Å². The summed E-state index contributed by atoms with van der Waals surface area (Å²) >= 11 is 1.55. The molecule has 20 heavy (non-hydrogen) atoms. The van der Waals surface area contributed by atoms with Gasteiger partial charge in [-0.3, -0.25) is 0 Å². The monoisotopic (exact) mass is 284 g/mol. The van der Waals surface area contributed by atoms with E-state index in [1.165, 1.54) is 0 Å². The van der Waals surface area contributed by atoms with E-state index >= 15 is 0 Å². The fourth-order valence-electron chi connectivity index (χ4n) is 2.18. The highest BCUT2D eigenvalue weighted by molar-refractivity contribution is 7.98. The van der Waals surface area contributed by atoms with Gasteiger partial charge in [0.05, 0.1) is 5.39 Å². The van der Waals surface area contributed by atoms with E-state index in [4.69, 9.17) is 5.10 Å². The lowest BCUT2D eigenvalue weighted by molar-refractivity contribution is 0.546. The molecule has 0 aliphatic carbocycles. The number of nitrogens with zero attached hydrogens (tertiary/aromatic N) is 4. The number of fused-ring (bicyclic) bond motifs is 1. The molecule has 3 rings (SSSR count). The molecule has 4 nitrogen and oxygen atoms in total. The zero-order valence-corrected chi connectivity index (χ0v) is 12.6. The van der Waals surface area contributed by atoms with Crippen LogP contribution in [0.1, 0.15) is 19.9 Å². The van der Waals surface area contributed by atoms with Crippen LogP contribution in [0.2, 0.25) is 0 Å². The van der Waals surface area contributed by atoms with Crippen LogP contribution in [-0.2, 0) is 0 Å². The summed E-state index contributed by atoms with van der Waals surface area (Å²) in [6, 6.07) is 10.4. The predicted molar refractivity (Wildman–Crippen MR) is 82.9 cm³/mol. The second kappa shape index (κ2) is 5.25. The summed E-state index contributed by atoms with van der Waals surface area (Å²) < 4.78 is 1.97. The first-order valence-corrected chi connectivity index (χ1v) is 7.78. The van der Waals surface area contributed by atoms with Gasteiger partial charge in [0.2, 0.25) is 0 Å². The van der Waals surface area contributed by atoms with Crippen molar-refractivity contribution in [1.29, 1.82) is 0 Å². The van der Waals surface area contributed by atoms with Gasteiger partial charge in [0, 0.05) is 17.8 Å². The van der Waals surface area contributed by atoms with Crippen molar-refractivity contribution >= 4 is 22.8 Å². The molecule has 0 bridgehead atoms. The molecule has 2 aromatic heterocycles. The lowest BCUT2D eigenvalue weighted by Crippen LogP contribution is -2.04. The third-order valence-electron chi connectivity index (χ3n) is 3.15. The maximum Gasteiger partial charge on any atom is 0.189 e. The Labute approximate surface area is 122 Å². The molecule has 0 aliphatic heterocycles. The van der Waals surface area contributed by atoms with E-state index in [9.17, 15) is 0 Å². The average molecular weight is 284 g/mol. The third-order valence-corrected chi connectivity index (χ3v) is 3.71. The van der Waals surface area contributed by atoms with E-state index in [1.807, 2.05) is 35.3 Å². The topological polar surface area (TPSA) is 43.6 Å². The normalized spacial score (nSPS) is 11.4. The lowest BCUT2D eigenvalue weighted by atomic mass is 10.1. The Morgan fingerprint density at radius 3 is 2.55 bits per heavy atom.